The Hall–Kier alpha value is -3.20. The van der Waals surface area contributed by atoms with Crippen LogP contribution < -0.4 is 0 Å². The van der Waals surface area contributed by atoms with Gasteiger partial charge < -0.3 is 9.30 Å². The number of hydrogen-bond acceptors (Lipinski definition) is 6. The van der Waals surface area contributed by atoms with Gasteiger partial charge >= 0.3 is 0 Å². The molecule has 0 aliphatic rings. The molecule has 8 nitrogen and oxygen atoms in total. The zero-order valence-electron chi connectivity index (χ0n) is 16.4. The third-order valence-corrected chi connectivity index (χ3v) is 4.56. The van der Waals surface area contributed by atoms with Crippen LogP contribution in [0.2, 0.25) is 0 Å². The lowest BCUT2D eigenvalue weighted by Gasteiger charge is -2.12. The van der Waals surface area contributed by atoms with E-state index in [2.05, 4.69) is 32.0 Å². The van der Waals surface area contributed by atoms with Crippen molar-refractivity contribution in [3.63, 3.8) is 0 Å². The van der Waals surface area contributed by atoms with Crippen LogP contribution in [0.3, 0.4) is 0 Å². The highest BCUT2D eigenvalue weighted by atomic mass is 19.1. The lowest BCUT2D eigenvalue weighted by molar-refractivity contribution is 0.128. The van der Waals surface area contributed by atoms with E-state index in [1.54, 1.807) is 35.5 Å². The van der Waals surface area contributed by atoms with Crippen molar-refractivity contribution in [3.05, 3.63) is 59.9 Å². The van der Waals surface area contributed by atoms with E-state index in [1.807, 2.05) is 11.5 Å². The van der Waals surface area contributed by atoms with Crippen molar-refractivity contribution in [2.75, 3.05) is 6.61 Å². The molecule has 4 heterocycles. The highest BCUT2D eigenvalue weighted by Crippen LogP contribution is 2.21. The van der Waals surface area contributed by atoms with Crippen LogP contribution in [-0.4, -0.2) is 40.7 Å². The van der Waals surface area contributed by atoms with Crippen LogP contribution in [0.5, 0.6) is 0 Å². The summed E-state index contributed by atoms with van der Waals surface area (Å²) in [6.07, 6.45) is 8.40. The smallest absolute Gasteiger partial charge is 0.177 e. The van der Waals surface area contributed by atoms with Crippen LogP contribution >= 0.6 is 0 Å². The predicted octanol–water partition coefficient (Wildman–Crippen LogP) is 3.06. The van der Waals surface area contributed by atoms with Crippen molar-refractivity contribution >= 4 is 5.65 Å². The summed E-state index contributed by atoms with van der Waals surface area (Å²) >= 11 is 0. The number of nitrogens with zero attached hydrogens (tertiary/aromatic N) is 7. The fraction of sp³-hybridized carbons (Fsp3) is 0.350. The fourth-order valence-corrected chi connectivity index (χ4v) is 3.25. The van der Waals surface area contributed by atoms with E-state index in [4.69, 9.17) is 4.74 Å². The maximum atomic E-state index is 14.2. The van der Waals surface area contributed by atoms with Gasteiger partial charge in [-0.1, -0.05) is 13.3 Å². The van der Waals surface area contributed by atoms with Crippen LogP contribution in [0.1, 0.15) is 37.4 Å². The lowest BCUT2D eigenvalue weighted by atomic mass is 10.1. The molecule has 150 valence electrons. The number of aromatic nitrogens is 7. The van der Waals surface area contributed by atoms with Gasteiger partial charge in [-0.15, -0.1) is 5.10 Å². The molecule has 0 aromatic carbocycles. The van der Waals surface area contributed by atoms with Gasteiger partial charge in [0.1, 0.15) is 18.6 Å². The van der Waals surface area contributed by atoms with Gasteiger partial charge in [0.2, 0.25) is 0 Å². The van der Waals surface area contributed by atoms with Crippen LogP contribution in [0, 0.1) is 5.82 Å². The molecule has 0 fully saturated rings. The number of rotatable bonds is 8. The van der Waals surface area contributed by atoms with E-state index in [1.165, 1.54) is 6.07 Å². The van der Waals surface area contributed by atoms with E-state index < -0.39 is 5.82 Å². The molecule has 0 spiro atoms. The van der Waals surface area contributed by atoms with Crippen molar-refractivity contribution in [1.29, 1.82) is 0 Å². The number of imidazole rings is 1. The van der Waals surface area contributed by atoms with Crippen molar-refractivity contribution in [3.8, 4) is 11.5 Å². The Kier molecular flexibility index (Phi) is 5.57. The van der Waals surface area contributed by atoms with Crippen molar-refractivity contribution in [2.24, 2.45) is 0 Å². The van der Waals surface area contributed by atoms with E-state index in [0.717, 1.165) is 29.7 Å². The Morgan fingerprint density at radius 1 is 1.14 bits per heavy atom. The average molecular weight is 395 g/mol. The topological polar surface area (TPSA) is 83.0 Å². The standard InChI is InChI=1S/C20H22FN7O/c1-3-6-14-16(24-13-28-19(14)25-17(26-28)12-29-4-2)11-27-10-9-23-20(27)18-15(21)7-5-8-22-18/h5,7-10,13H,3-4,6,11-12H2,1-2H3. The number of hydrogen-bond donors (Lipinski definition) is 0. The van der Waals surface area contributed by atoms with Crippen molar-refractivity contribution in [2.45, 2.75) is 39.8 Å². The zero-order chi connectivity index (χ0) is 20.2. The minimum Gasteiger partial charge on any atom is -0.374 e. The largest absolute Gasteiger partial charge is 0.374 e. The van der Waals surface area contributed by atoms with Gasteiger partial charge in [0.05, 0.1) is 12.2 Å². The highest BCUT2D eigenvalue weighted by Gasteiger charge is 2.17. The van der Waals surface area contributed by atoms with Crippen molar-refractivity contribution in [1.82, 2.24) is 34.1 Å². The molecule has 0 saturated heterocycles. The molecule has 0 amide bonds. The normalized spacial score (nSPS) is 11.4. The molecule has 0 aliphatic heterocycles. The summed E-state index contributed by atoms with van der Waals surface area (Å²) in [6.45, 7) is 5.45. The second kappa shape index (κ2) is 8.44. The summed E-state index contributed by atoms with van der Waals surface area (Å²) in [5.74, 6) is 0.683. The SMILES string of the molecule is CCCc1c(Cn2ccnc2-c2ncccc2F)ncn2nc(COCC)nc12. The summed E-state index contributed by atoms with van der Waals surface area (Å²) in [5, 5.41) is 4.45. The first-order valence-electron chi connectivity index (χ1n) is 9.63. The van der Waals surface area contributed by atoms with E-state index in [-0.39, 0.29) is 5.69 Å². The molecule has 9 heteroatoms. The number of pyridine rings is 1. The molecule has 0 N–H and O–H groups in total. The van der Waals surface area contributed by atoms with Crippen molar-refractivity contribution < 1.29 is 9.13 Å². The van der Waals surface area contributed by atoms with Gasteiger partial charge in [0, 0.05) is 30.8 Å². The quantitative estimate of drug-likeness (QED) is 0.456. The molecule has 0 aliphatic carbocycles. The molecular formula is C20H22FN7O. The average Bonchev–Trinajstić information content (AvgIpc) is 3.35. The molecule has 0 bridgehead atoms. The molecule has 0 saturated carbocycles. The van der Waals surface area contributed by atoms with Crippen LogP contribution in [0.25, 0.3) is 17.2 Å². The summed E-state index contributed by atoms with van der Waals surface area (Å²) in [5.41, 5.74) is 2.87. The summed E-state index contributed by atoms with van der Waals surface area (Å²) in [7, 11) is 0. The maximum Gasteiger partial charge on any atom is 0.177 e. The second-order valence-corrected chi connectivity index (χ2v) is 6.57. The minimum absolute atomic E-state index is 0.220. The van der Waals surface area contributed by atoms with Crippen LogP contribution in [0.4, 0.5) is 4.39 Å². The Bertz CT molecular complexity index is 1120. The van der Waals surface area contributed by atoms with Gasteiger partial charge in [-0.25, -0.2) is 28.8 Å². The van der Waals surface area contributed by atoms with E-state index >= 15 is 0 Å². The molecule has 0 atom stereocenters. The Labute approximate surface area is 167 Å². The lowest BCUT2D eigenvalue weighted by Crippen LogP contribution is -2.10. The van der Waals surface area contributed by atoms with Crippen LogP contribution in [-0.2, 0) is 24.3 Å². The first-order valence-corrected chi connectivity index (χ1v) is 9.63. The first kappa shape index (κ1) is 19.1. The summed E-state index contributed by atoms with van der Waals surface area (Å²) < 4.78 is 23.2. The molecule has 4 aromatic rings. The Morgan fingerprint density at radius 3 is 2.83 bits per heavy atom. The number of ether oxygens (including phenoxy) is 1. The second-order valence-electron chi connectivity index (χ2n) is 6.57. The molecule has 29 heavy (non-hydrogen) atoms. The zero-order valence-corrected chi connectivity index (χ0v) is 16.4. The van der Waals surface area contributed by atoms with Gasteiger partial charge in [-0.05, 0) is 25.5 Å². The van der Waals surface area contributed by atoms with Gasteiger partial charge in [-0.3, -0.25) is 0 Å². The molecule has 0 radical (unpaired) electrons. The van der Waals surface area contributed by atoms with Gasteiger partial charge in [0.15, 0.2) is 23.1 Å². The Morgan fingerprint density at radius 2 is 2.03 bits per heavy atom. The van der Waals surface area contributed by atoms with Gasteiger partial charge in [0.25, 0.3) is 0 Å². The third-order valence-electron chi connectivity index (χ3n) is 4.56. The van der Waals surface area contributed by atoms with Gasteiger partial charge in [-0.2, -0.15) is 0 Å². The third kappa shape index (κ3) is 3.86. The molecular weight excluding hydrogens is 373 g/mol. The molecule has 4 rings (SSSR count). The highest BCUT2D eigenvalue weighted by molar-refractivity contribution is 5.52. The number of aryl methyl sites for hydroxylation is 1. The number of fused-ring (bicyclic) bond motifs is 1. The van der Waals surface area contributed by atoms with E-state index in [0.29, 0.717) is 31.4 Å². The fourth-order valence-electron chi connectivity index (χ4n) is 3.25. The number of halogens is 1. The first-order chi connectivity index (χ1) is 14.2. The summed E-state index contributed by atoms with van der Waals surface area (Å²) in [4.78, 5) is 17.7. The molecule has 0 unspecified atom stereocenters. The Balaban J connectivity index is 1.72. The molecule has 4 aromatic heterocycles. The van der Waals surface area contributed by atoms with Crippen LogP contribution in [0.15, 0.2) is 37.1 Å². The minimum atomic E-state index is -0.407. The maximum absolute atomic E-state index is 14.2. The predicted molar refractivity (Wildman–Crippen MR) is 105 cm³/mol. The van der Waals surface area contributed by atoms with E-state index in [9.17, 15) is 4.39 Å². The summed E-state index contributed by atoms with van der Waals surface area (Å²) in [6, 6.07) is 2.94. The monoisotopic (exact) mass is 395 g/mol.